The number of H-pyrrole nitrogens is 3. The number of nitrogens with one attached hydrogen (secondary N) is 4. The molecule has 0 bridgehead atoms. The predicted molar refractivity (Wildman–Crippen MR) is 213 cm³/mol. The van der Waals surface area contributed by atoms with Crippen molar-refractivity contribution >= 4 is 54.3 Å². The van der Waals surface area contributed by atoms with Crippen molar-refractivity contribution in [3.8, 4) is 28.5 Å². The Morgan fingerprint density at radius 3 is 2.48 bits per heavy atom. The lowest BCUT2D eigenvalue weighted by Crippen LogP contribution is -2.26. The maximum Gasteiger partial charge on any atom is 0.238 e. The number of nitrogens with zero attached hydrogens (tertiary/aromatic N) is 4. The predicted octanol–water partition coefficient (Wildman–Crippen LogP) is 7.80. The normalized spacial score (nSPS) is 13.6. The third-order valence-electron chi connectivity index (χ3n) is 10.2. The SMILES string of the molecule is CC1(C)C(c2c(O)[nH]c3ccc(S(N)(=O)=O)cc23)=Nc2ccccc21.CCNCc1cncc(-c2ccc3[nH]nc(-c4nc5c(F)cc(F)cc5[nH]4)c3c2)c1C. The van der Waals surface area contributed by atoms with Crippen LogP contribution < -0.4 is 10.5 Å². The maximum atomic E-state index is 14.1. The van der Waals surface area contributed by atoms with Crippen LogP contribution in [0.2, 0.25) is 0 Å². The Bertz CT molecular complexity index is 2980. The summed E-state index contributed by atoms with van der Waals surface area (Å²) in [5.41, 5.74) is 9.33. The lowest BCUT2D eigenvalue weighted by Gasteiger charge is -2.22. The molecule has 8 aromatic rings. The van der Waals surface area contributed by atoms with Crippen molar-refractivity contribution in [2.24, 2.45) is 10.1 Å². The molecular weight excluding hydrogens is 737 g/mol. The number of rotatable bonds is 7. The highest BCUT2D eigenvalue weighted by molar-refractivity contribution is 7.89. The summed E-state index contributed by atoms with van der Waals surface area (Å²) in [6.07, 6.45) is 3.73. The highest BCUT2D eigenvalue weighted by atomic mass is 32.2. The van der Waals surface area contributed by atoms with Gasteiger partial charge in [-0.2, -0.15) is 5.10 Å². The Labute approximate surface area is 320 Å². The Kier molecular flexibility index (Phi) is 9.02. The van der Waals surface area contributed by atoms with Crippen LogP contribution in [0.25, 0.3) is 55.5 Å². The molecule has 15 heteroatoms. The van der Waals surface area contributed by atoms with Gasteiger partial charge in [-0.3, -0.25) is 15.1 Å². The van der Waals surface area contributed by atoms with Crippen LogP contribution in [0.3, 0.4) is 0 Å². The quantitative estimate of drug-likeness (QED) is 0.0952. The zero-order chi connectivity index (χ0) is 39.5. The first-order chi connectivity index (χ1) is 26.7. The number of fused-ring (bicyclic) bond motifs is 4. The van der Waals surface area contributed by atoms with Gasteiger partial charge >= 0.3 is 0 Å². The van der Waals surface area contributed by atoms with Gasteiger partial charge in [-0.05, 0) is 78.2 Å². The van der Waals surface area contributed by atoms with Gasteiger partial charge in [0.25, 0.3) is 0 Å². The third kappa shape index (κ3) is 6.38. The number of nitrogens with two attached hydrogens (primary N) is 1. The van der Waals surface area contributed by atoms with E-state index >= 15 is 0 Å². The van der Waals surface area contributed by atoms with Gasteiger partial charge in [-0.15, -0.1) is 0 Å². The number of aliphatic imine (C=N–C) groups is 1. The molecule has 4 aromatic heterocycles. The van der Waals surface area contributed by atoms with Gasteiger partial charge in [0.2, 0.25) is 10.0 Å². The Balaban J connectivity index is 0.000000161. The number of pyridine rings is 1. The van der Waals surface area contributed by atoms with Gasteiger partial charge in [-0.25, -0.2) is 27.3 Å². The van der Waals surface area contributed by atoms with Gasteiger partial charge in [-0.1, -0.05) is 45.0 Å². The van der Waals surface area contributed by atoms with Gasteiger partial charge < -0.3 is 20.4 Å². The number of sulfonamides is 1. The molecule has 0 radical (unpaired) electrons. The summed E-state index contributed by atoms with van der Waals surface area (Å²) >= 11 is 0. The molecule has 0 atom stereocenters. The number of aromatic nitrogens is 6. The molecule has 9 rings (SSSR count). The Morgan fingerprint density at radius 2 is 1.71 bits per heavy atom. The fourth-order valence-electron chi connectivity index (χ4n) is 7.24. The van der Waals surface area contributed by atoms with Crippen LogP contribution in [0.5, 0.6) is 5.88 Å². The second-order valence-electron chi connectivity index (χ2n) is 14.2. The number of aromatic amines is 3. The molecule has 1 aliphatic heterocycles. The summed E-state index contributed by atoms with van der Waals surface area (Å²) < 4.78 is 51.1. The van der Waals surface area contributed by atoms with E-state index < -0.39 is 27.1 Å². The molecule has 0 unspecified atom stereocenters. The topological polar surface area (TPSA) is 191 Å². The van der Waals surface area contributed by atoms with Crippen LogP contribution in [0.4, 0.5) is 14.5 Å². The smallest absolute Gasteiger partial charge is 0.238 e. The molecule has 0 fully saturated rings. The van der Waals surface area contributed by atoms with E-state index in [1.165, 1.54) is 18.2 Å². The van der Waals surface area contributed by atoms with E-state index in [2.05, 4.69) is 49.3 Å². The molecule has 4 aromatic carbocycles. The van der Waals surface area contributed by atoms with E-state index in [1.807, 2.05) is 68.7 Å². The molecule has 1 aliphatic rings. The summed E-state index contributed by atoms with van der Waals surface area (Å²) in [5.74, 6) is -1.04. The van der Waals surface area contributed by atoms with Crippen LogP contribution >= 0.6 is 0 Å². The van der Waals surface area contributed by atoms with Crippen molar-refractivity contribution in [1.82, 2.24) is 35.5 Å². The second-order valence-corrected chi connectivity index (χ2v) is 15.7. The van der Waals surface area contributed by atoms with Gasteiger partial charge in [0.1, 0.15) is 17.0 Å². The second kappa shape index (κ2) is 13.8. The Hall–Kier alpha value is -6.29. The standard InChI is InChI=1S/C23H20F2N6.C18H17N3O3S/c1-3-26-9-14-10-27-11-17(12(14)2)13-4-5-19-16(6-13)21(31-30-19)23-28-20-8-15(24)7-18(25)22(20)29-23;1-18(2)12-5-3-4-6-14(12)20-16(18)15-11-9-10(25(19,23)24)7-8-13(11)21-17(15)22/h4-8,10-11,26H,3,9H2,1-2H3,(H,28,29)(H,30,31);3-9,21-22H,1-2H3,(H2,19,23,24). The highest BCUT2D eigenvalue weighted by Crippen LogP contribution is 2.45. The number of para-hydroxylation sites is 1. The summed E-state index contributed by atoms with van der Waals surface area (Å²) in [5, 5.41) is 27.8. The molecular formula is C41H37F2N9O3S. The fraction of sp³-hybridized carbons (Fsp3) is 0.171. The number of hydrogen-bond acceptors (Lipinski definition) is 8. The molecule has 12 nitrogen and oxygen atoms in total. The summed E-state index contributed by atoms with van der Waals surface area (Å²) in [6.45, 7) is 9.85. The molecule has 0 saturated carbocycles. The first-order valence-electron chi connectivity index (χ1n) is 17.8. The summed E-state index contributed by atoms with van der Waals surface area (Å²) in [6, 6.07) is 20.3. The minimum absolute atomic E-state index is 0.00540. The summed E-state index contributed by atoms with van der Waals surface area (Å²) in [4.78, 5) is 19.3. The van der Waals surface area contributed by atoms with E-state index in [9.17, 15) is 22.3 Å². The van der Waals surface area contributed by atoms with E-state index in [4.69, 9.17) is 10.1 Å². The highest BCUT2D eigenvalue weighted by Gasteiger charge is 2.38. The van der Waals surface area contributed by atoms with Crippen LogP contribution in [0.1, 0.15) is 43.0 Å². The van der Waals surface area contributed by atoms with E-state index in [0.717, 1.165) is 63.6 Å². The van der Waals surface area contributed by atoms with Crippen molar-refractivity contribution in [3.05, 3.63) is 119 Å². The van der Waals surface area contributed by atoms with Crippen LogP contribution in [0.15, 0.2) is 95.1 Å². The summed E-state index contributed by atoms with van der Waals surface area (Å²) in [7, 11) is -3.84. The van der Waals surface area contributed by atoms with Gasteiger partial charge in [0.15, 0.2) is 17.5 Å². The molecule has 7 N–H and O–H groups in total. The van der Waals surface area contributed by atoms with Gasteiger partial charge in [0, 0.05) is 52.3 Å². The van der Waals surface area contributed by atoms with Crippen molar-refractivity contribution in [2.45, 2.75) is 44.6 Å². The molecule has 0 amide bonds. The van der Waals surface area contributed by atoms with Gasteiger partial charge in [0.05, 0.1) is 32.9 Å². The third-order valence-corrected chi connectivity index (χ3v) is 11.1. The zero-order valence-electron chi connectivity index (χ0n) is 30.8. The lowest BCUT2D eigenvalue weighted by atomic mass is 9.79. The molecule has 56 heavy (non-hydrogen) atoms. The lowest BCUT2D eigenvalue weighted by molar-refractivity contribution is 0.456. The minimum Gasteiger partial charge on any atom is -0.494 e. The number of aromatic hydroxyl groups is 1. The van der Waals surface area contributed by atoms with Crippen LogP contribution in [-0.4, -0.2) is 55.9 Å². The first kappa shape index (κ1) is 36.7. The van der Waals surface area contributed by atoms with E-state index in [-0.39, 0.29) is 21.8 Å². The van der Waals surface area contributed by atoms with E-state index in [1.54, 1.807) is 6.07 Å². The average molecular weight is 774 g/mol. The molecule has 284 valence electrons. The monoisotopic (exact) mass is 773 g/mol. The Morgan fingerprint density at radius 1 is 0.929 bits per heavy atom. The maximum absolute atomic E-state index is 14.1. The van der Waals surface area contributed by atoms with E-state index in [0.29, 0.717) is 33.7 Å². The first-order valence-corrected chi connectivity index (χ1v) is 19.3. The molecule has 0 saturated heterocycles. The number of benzene rings is 4. The number of primary sulfonamides is 1. The van der Waals surface area contributed by atoms with Crippen molar-refractivity contribution in [1.29, 1.82) is 0 Å². The van der Waals surface area contributed by atoms with Crippen molar-refractivity contribution < 1.29 is 22.3 Å². The fourth-order valence-corrected chi connectivity index (χ4v) is 7.78. The van der Waals surface area contributed by atoms with Crippen LogP contribution in [-0.2, 0) is 22.0 Å². The van der Waals surface area contributed by atoms with Crippen molar-refractivity contribution in [2.75, 3.05) is 6.54 Å². The number of imidazole rings is 1. The zero-order valence-corrected chi connectivity index (χ0v) is 31.6. The molecule has 0 spiro atoms. The molecule has 0 aliphatic carbocycles. The minimum atomic E-state index is -3.84. The van der Waals surface area contributed by atoms with Crippen LogP contribution in [0, 0.1) is 18.6 Å². The largest absolute Gasteiger partial charge is 0.494 e. The van der Waals surface area contributed by atoms with Crippen molar-refractivity contribution in [3.63, 3.8) is 0 Å². The average Bonchev–Trinajstić information content (AvgIpc) is 3.92. The molecule has 5 heterocycles. The number of hydrogen-bond donors (Lipinski definition) is 6. The number of halogens is 2.